The van der Waals surface area contributed by atoms with Crippen molar-refractivity contribution in [3.63, 3.8) is 0 Å². The van der Waals surface area contributed by atoms with E-state index >= 15 is 0 Å². The topological polar surface area (TPSA) is 117 Å². The number of imidazole rings is 1. The molecule has 9 nitrogen and oxygen atoms in total. The molecule has 0 aliphatic rings. The Morgan fingerprint density at radius 2 is 1.97 bits per heavy atom. The first-order chi connectivity index (χ1) is 14.8. The predicted octanol–water partition coefficient (Wildman–Crippen LogP) is 3.15. The van der Waals surface area contributed by atoms with Crippen LogP contribution in [0.1, 0.15) is 11.1 Å². The zero-order valence-corrected chi connectivity index (χ0v) is 19.3. The molecule has 11 heteroatoms. The van der Waals surface area contributed by atoms with Crippen molar-refractivity contribution in [1.82, 2.24) is 19.1 Å². The van der Waals surface area contributed by atoms with Crippen LogP contribution in [0.25, 0.3) is 11.2 Å². The SMILES string of the molecule is Cn1c(=O)[nH]c(=O)c2c1nc(N/N=C/c1cc(Br)ccc1O)n2Cc1cccc(Br)c1. The normalized spacial score (nSPS) is 11.5. The second kappa shape index (κ2) is 8.52. The quantitative estimate of drug-likeness (QED) is 0.262. The smallest absolute Gasteiger partial charge is 0.329 e. The van der Waals surface area contributed by atoms with Gasteiger partial charge in [-0.1, -0.05) is 44.0 Å². The summed E-state index contributed by atoms with van der Waals surface area (Å²) in [7, 11) is 1.53. The first-order valence-corrected chi connectivity index (χ1v) is 10.6. The molecule has 0 fully saturated rings. The number of hydrogen-bond acceptors (Lipinski definition) is 6. The highest BCUT2D eigenvalue weighted by Crippen LogP contribution is 2.21. The monoisotopic (exact) mass is 546 g/mol. The standard InChI is InChI=1S/C20H16Br2N6O3/c1-27-17-16(18(30)25-20(27)31)28(10-11-3-2-4-13(21)7-11)19(24-17)26-23-9-12-8-14(22)5-6-15(12)29/h2-9,29H,10H2,1H3,(H,24,26)(H,25,30,31)/b23-9+. The summed E-state index contributed by atoms with van der Waals surface area (Å²) in [6, 6.07) is 12.6. The van der Waals surface area contributed by atoms with Crippen molar-refractivity contribution in [1.29, 1.82) is 0 Å². The summed E-state index contributed by atoms with van der Waals surface area (Å²) < 4.78 is 4.60. The van der Waals surface area contributed by atoms with Crippen LogP contribution in [0, 0.1) is 0 Å². The van der Waals surface area contributed by atoms with E-state index in [4.69, 9.17) is 0 Å². The van der Waals surface area contributed by atoms with Gasteiger partial charge in [0.1, 0.15) is 5.75 Å². The number of rotatable bonds is 5. The molecule has 0 atom stereocenters. The molecule has 3 N–H and O–H groups in total. The van der Waals surface area contributed by atoms with E-state index in [-0.39, 0.29) is 22.9 Å². The Hall–Kier alpha value is -3.18. The highest BCUT2D eigenvalue weighted by Gasteiger charge is 2.17. The number of aryl methyl sites for hydroxylation is 1. The van der Waals surface area contributed by atoms with E-state index in [1.807, 2.05) is 24.3 Å². The van der Waals surface area contributed by atoms with Crippen molar-refractivity contribution < 1.29 is 5.11 Å². The molecular formula is C20H16Br2N6O3. The molecule has 4 aromatic rings. The number of nitrogens with zero attached hydrogens (tertiary/aromatic N) is 4. The number of aromatic amines is 1. The number of aromatic hydroxyl groups is 1. The molecule has 0 bridgehead atoms. The molecule has 4 rings (SSSR count). The Morgan fingerprint density at radius 3 is 2.74 bits per heavy atom. The van der Waals surface area contributed by atoms with Gasteiger partial charge in [0.25, 0.3) is 5.56 Å². The number of H-pyrrole nitrogens is 1. The van der Waals surface area contributed by atoms with E-state index in [1.165, 1.54) is 17.8 Å². The summed E-state index contributed by atoms with van der Waals surface area (Å²) in [4.78, 5) is 31.3. The van der Waals surface area contributed by atoms with Crippen molar-refractivity contribution in [3.05, 3.63) is 83.4 Å². The summed E-state index contributed by atoms with van der Waals surface area (Å²) >= 11 is 6.80. The van der Waals surface area contributed by atoms with Crippen molar-refractivity contribution in [2.75, 3.05) is 5.43 Å². The minimum Gasteiger partial charge on any atom is -0.507 e. The molecule has 2 aromatic carbocycles. The Morgan fingerprint density at radius 1 is 1.19 bits per heavy atom. The van der Waals surface area contributed by atoms with Crippen LogP contribution < -0.4 is 16.7 Å². The van der Waals surface area contributed by atoms with Crippen LogP contribution in [0.3, 0.4) is 0 Å². The van der Waals surface area contributed by atoms with Gasteiger partial charge in [-0.05, 0) is 35.9 Å². The van der Waals surface area contributed by atoms with Gasteiger partial charge in [0.2, 0.25) is 5.95 Å². The van der Waals surface area contributed by atoms with Gasteiger partial charge in [-0.2, -0.15) is 10.1 Å². The van der Waals surface area contributed by atoms with E-state index in [9.17, 15) is 14.7 Å². The third-order valence-corrected chi connectivity index (χ3v) is 5.58. The van der Waals surface area contributed by atoms with Gasteiger partial charge in [0, 0.05) is 21.6 Å². The van der Waals surface area contributed by atoms with Crippen molar-refractivity contribution in [3.8, 4) is 5.75 Å². The number of anilines is 1. The largest absolute Gasteiger partial charge is 0.507 e. The molecule has 0 saturated heterocycles. The van der Waals surface area contributed by atoms with Gasteiger partial charge < -0.3 is 5.11 Å². The van der Waals surface area contributed by atoms with Gasteiger partial charge in [-0.25, -0.2) is 10.2 Å². The summed E-state index contributed by atoms with van der Waals surface area (Å²) in [5.41, 5.74) is 3.60. The number of nitrogens with one attached hydrogen (secondary N) is 2. The summed E-state index contributed by atoms with van der Waals surface area (Å²) in [5.74, 6) is 0.336. The molecule has 0 amide bonds. The van der Waals surface area contributed by atoms with Gasteiger partial charge >= 0.3 is 5.69 Å². The van der Waals surface area contributed by atoms with Crippen LogP contribution >= 0.6 is 31.9 Å². The molecule has 0 aliphatic heterocycles. The Bertz CT molecular complexity index is 1440. The average molecular weight is 548 g/mol. The summed E-state index contributed by atoms with van der Waals surface area (Å²) in [6.45, 7) is 0.317. The van der Waals surface area contributed by atoms with E-state index in [0.717, 1.165) is 14.5 Å². The fraction of sp³-hybridized carbons (Fsp3) is 0.100. The zero-order chi connectivity index (χ0) is 22.1. The maximum Gasteiger partial charge on any atom is 0.329 e. The number of hydrazone groups is 1. The highest BCUT2D eigenvalue weighted by atomic mass is 79.9. The van der Waals surface area contributed by atoms with Crippen LogP contribution in [0.4, 0.5) is 5.95 Å². The van der Waals surface area contributed by atoms with Crippen LogP contribution in [-0.4, -0.2) is 30.4 Å². The molecule has 2 heterocycles. The van der Waals surface area contributed by atoms with Crippen molar-refractivity contribution in [2.24, 2.45) is 12.1 Å². The average Bonchev–Trinajstić information content (AvgIpc) is 3.08. The minimum atomic E-state index is -0.557. The lowest BCUT2D eigenvalue weighted by molar-refractivity contribution is 0.474. The van der Waals surface area contributed by atoms with Gasteiger partial charge in [-0.3, -0.25) is 18.9 Å². The Labute approximate surface area is 192 Å². The number of fused-ring (bicyclic) bond motifs is 1. The Balaban J connectivity index is 1.80. The number of phenolic OH excluding ortho intramolecular Hbond substituents is 1. The molecule has 158 valence electrons. The third kappa shape index (κ3) is 4.32. The fourth-order valence-corrected chi connectivity index (χ4v) is 3.91. The maximum atomic E-state index is 12.6. The predicted molar refractivity (Wildman–Crippen MR) is 126 cm³/mol. The van der Waals surface area contributed by atoms with Crippen LogP contribution in [0.2, 0.25) is 0 Å². The molecule has 0 saturated carbocycles. The molecule has 0 aliphatic carbocycles. The number of benzene rings is 2. The van der Waals surface area contributed by atoms with Crippen molar-refractivity contribution >= 4 is 55.2 Å². The molecule has 0 spiro atoms. The number of hydrogen-bond donors (Lipinski definition) is 3. The molecule has 0 unspecified atom stereocenters. The van der Waals surface area contributed by atoms with Gasteiger partial charge in [0.15, 0.2) is 11.2 Å². The first-order valence-electron chi connectivity index (χ1n) is 9.05. The van der Waals surface area contributed by atoms with Gasteiger partial charge in [0.05, 0.1) is 12.8 Å². The number of halogens is 2. The summed E-state index contributed by atoms with van der Waals surface area (Å²) in [6.07, 6.45) is 1.44. The Kier molecular flexibility index (Phi) is 5.79. The van der Waals surface area contributed by atoms with E-state index < -0.39 is 11.2 Å². The maximum absolute atomic E-state index is 12.6. The van der Waals surface area contributed by atoms with E-state index in [0.29, 0.717) is 12.1 Å². The second-order valence-electron chi connectivity index (χ2n) is 6.72. The highest BCUT2D eigenvalue weighted by molar-refractivity contribution is 9.10. The lowest BCUT2D eigenvalue weighted by atomic mass is 10.2. The van der Waals surface area contributed by atoms with Crippen LogP contribution in [0.15, 0.2) is 66.1 Å². The molecule has 2 aromatic heterocycles. The lowest BCUT2D eigenvalue weighted by Crippen LogP contribution is -2.29. The molecule has 31 heavy (non-hydrogen) atoms. The number of aromatic nitrogens is 4. The zero-order valence-electron chi connectivity index (χ0n) is 16.1. The van der Waals surface area contributed by atoms with E-state index in [1.54, 1.807) is 22.8 Å². The fourth-order valence-electron chi connectivity index (χ4n) is 3.08. The van der Waals surface area contributed by atoms with Crippen molar-refractivity contribution in [2.45, 2.75) is 6.54 Å². The lowest BCUT2D eigenvalue weighted by Gasteiger charge is -2.09. The first kappa shape index (κ1) is 21.1. The minimum absolute atomic E-state index is 0.0650. The molecular weight excluding hydrogens is 532 g/mol. The van der Waals surface area contributed by atoms with Crippen LogP contribution in [0.5, 0.6) is 5.75 Å². The van der Waals surface area contributed by atoms with E-state index in [2.05, 4.69) is 52.4 Å². The number of phenols is 1. The third-order valence-electron chi connectivity index (χ3n) is 4.59. The second-order valence-corrected chi connectivity index (χ2v) is 8.55. The van der Waals surface area contributed by atoms with Crippen LogP contribution in [-0.2, 0) is 13.6 Å². The summed E-state index contributed by atoms with van der Waals surface area (Å²) in [5, 5.41) is 14.1. The molecule has 0 radical (unpaired) electrons. The van der Waals surface area contributed by atoms with Gasteiger partial charge in [-0.15, -0.1) is 0 Å².